The fraction of sp³-hybridized carbons (Fsp3) is 0.353. The molecule has 2 heterocycles. The van der Waals surface area contributed by atoms with Gasteiger partial charge in [0.15, 0.2) is 0 Å². The molecule has 2 aromatic heterocycles. The van der Waals surface area contributed by atoms with Crippen LogP contribution in [0.2, 0.25) is 0 Å². The minimum Gasteiger partial charge on any atom is -0.310 e. The first-order valence-electron chi connectivity index (χ1n) is 8.02. The molecule has 0 fully saturated rings. The molecule has 126 valence electrons. The van der Waals surface area contributed by atoms with Gasteiger partial charge in [0.1, 0.15) is 0 Å². The summed E-state index contributed by atoms with van der Waals surface area (Å²) in [7, 11) is 0. The number of hydrogen-bond donors (Lipinski definition) is 1. The number of fused-ring (bicyclic) bond motifs is 1. The number of imidazole rings is 1. The second-order valence-electron chi connectivity index (χ2n) is 5.85. The average Bonchev–Trinajstić information content (AvgIpc) is 3.12. The third-order valence-electron chi connectivity index (χ3n) is 3.85. The highest BCUT2D eigenvalue weighted by atomic mass is 79.9. The molecule has 0 aliphatic heterocycles. The number of benzene rings is 1. The second kappa shape index (κ2) is 7.17. The van der Waals surface area contributed by atoms with Gasteiger partial charge in [0.25, 0.3) is 0 Å². The number of hydrogen-bond acceptors (Lipinski definition) is 3. The van der Waals surface area contributed by atoms with Gasteiger partial charge in [0, 0.05) is 12.7 Å². The predicted molar refractivity (Wildman–Crippen MR) is 97.7 cm³/mol. The highest BCUT2D eigenvalue weighted by Gasteiger charge is 2.18. The molecule has 0 saturated heterocycles. The molecule has 3 aromatic rings. The van der Waals surface area contributed by atoms with Gasteiger partial charge in [-0.05, 0) is 34.5 Å². The maximum atomic E-state index is 12.5. The summed E-state index contributed by atoms with van der Waals surface area (Å²) >= 11 is 3.36. The zero-order valence-electron chi connectivity index (χ0n) is 13.7. The van der Waals surface area contributed by atoms with Crippen LogP contribution in [0.4, 0.5) is 5.95 Å². The van der Waals surface area contributed by atoms with Crippen LogP contribution in [-0.4, -0.2) is 25.2 Å². The Morgan fingerprint density at radius 3 is 2.88 bits per heavy atom. The first-order valence-corrected chi connectivity index (χ1v) is 8.82. The number of rotatable bonds is 6. The summed E-state index contributed by atoms with van der Waals surface area (Å²) in [6.45, 7) is 5.33. The van der Waals surface area contributed by atoms with Crippen LogP contribution in [0.5, 0.6) is 0 Å². The molecule has 7 heteroatoms. The molecule has 1 atom stereocenters. The number of aromatic nitrogens is 4. The topological polar surface area (TPSA) is 64.7 Å². The van der Waals surface area contributed by atoms with E-state index in [1.54, 1.807) is 10.9 Å². The number of halogens is 1. The number of nitrogens with zero attached hydrogens (tertiary/aromatic N) is 4. The van der Waals surface area contributed by atoms with E-state index in [0.29, 0.717) is 12.5 Å². The highest BCUT2D eigenvalue weighted by Crippen LogP contribution is 2.20. The van der Waals surface area contributed by atoms with Crippen molar-refractivity contribution < 1.29 is 4.79 Å². The van der Waals surface area contributed by atoms with Crippen molar-refractivity contribution in [2.24, 2.45) is 5.92 Å². The molecule has 6 nitrogen and oxygen atoms in total. The number of aryl methyl sites for hydroxylation is 1. The van der Waals surface area contributed by atoms with E-state index in [0.717, 1.165) is 28.5 Å². The normalized spacial score (nSPS) is 12.5. The number of carbonyl (C=O) groups excluding carboxylic acids is 1. The molecule has 3 rings (SSSR count). The smallest absolute Gasteiger partial charge is 0.231 e. The van der Waals surface area contributed by atoms with Crippen molar-refractivity contribution in [1.29, 1.82) is 0 Å². The van der Waals surface area contributed by atoms with Crippen LogP contribution >= 0.6 is 15.9 Å². The first-order chi connectivity index (χ1) is 11.6. The quantitative estimate of drug-likeness (QED) is 0.699. The highest BCUT2D eigenvalue weighted by molar-refractivity contribution is 9.10. The molecule has 24 heavy (non-hydrogen) atoms. The van der Waals surface area contributed by atoms with Crippen molar-refractivity contribution in [3.63, 3.8) is 0 Å². The van der Waals surface area contributed by atoms with Gasteiger partial charge in [-0.2, -0.15) is 5.10 Å². The van der Waals surface area contributed by atoms with E-state index in [1.165, 1.54) is 0 Å². The molecule has 0 aliphatic carbocycles. The van der Waals surface area contributed by atoms with E-state index in [-0.39, 0.29) is 11.8 Å². The molecule has 0 bridgehead atoms. The van der Waals surface area contributed by atoms with Gasteiger partial charge < -0.3 is 4.57 Å². The summed E-state index contributed by atoms with van der Waals surface area (Å²) in [5.74, 6) is 0.331. The minimum absolute atomic E-state index is 0.0609. The van der Waals surface area contributed by atoms with Gasteiger partial charge in [0.05, 0.1) is 34.2 Å². The fourth-order valence-corrected chi connectivity index (χ4v) is 2.98. The van der Waals surface area contributed by atoms with Gasteiger partial charge in [-0.25, -0.2) is 4.98 Å². The Morgan fingerprint density at radius 2 is 2.17 bits per heavy atom. The van der Waals surface area contributed by atoms with Crippen molar-refractivity contribution >= 4 is 38.8 Å². The molecule has 1 N–H and O–H groups in total. The van der Waals surface area contributed by atoms with Gasteiger partial charge in [-0.1, -0.05) is 26.0 Å². The van der Waals surface area contributed by atoms with Crippen molar-refractivity contribution in [1.82, 2.24) is 19.3 Å². The summed E-state index contributed by atoms with van der Waals surface area (Å²) < 4.78 is 4.72. The van der Waals surface area contributed by atoms with E-state index in [2.05, 4.69) is 42.8 Å². The lowest BCUT2D eigenvalue weighted by Crippen LogP contribution is -2.26. The lowest BCUT2D eigenvalue weighted by Gasteiger charge is -2.13. The molecule has 0 radical (unpaired) electrons. The summed E-state index contributed by atoms with van der Waals surface area (Å²) in [6, 6.07) is 7.93. The Balaban J connectivity index is 1.78. The SMILES string of the molecule is CCCn1c(NC(=O)[C@H](C)Cn2cc(Br)cn2)nc2ccccc21. The minimum atomic E-state index is -0.216. The molecule has 1 amide bonds. The lowest BCUT2D eigenvalue weighted by molar-refractivity contribution is -0.119. The number of carbonyl (C=O) groups is 1. The Hall–Kier alpha value is -2.15. The monoisotopic (exact) mass is 389 g/mol. The van der Waals surface area contributed by atoms with E-state index >= 15 is 0 Å². The average molecular weight is 390 g/mol. The van der Waals surface area contributed by atoms with Crippen LogP contribution in [-0.2, 0) is 17.9 Å². The molecule has 0 unspecified atom stereocenters. The van der Waals surface area contributed by atoms with Crippen molar-refractivity contribution in [3.8, 4) is 0 Å². The number of para-hydroxylation sites is 2. The molecular weight excluding hydrogens is 370 g/mol. The second-order valence-corrected chi connectivity index (χ2v) is 6.76. The van der Waals surface area contributed by atoms with E-state index < -0.39 is 0 Å². The molecular formula is C17H20BrN5O. The number of amides is 1. The van der Waals surface area contributed by atoms with Gasteiger partial charge >= 0.3 is 0 Å². The predicted octanol–water partition coefficient (Wildman–Crippen LogP) is 3.68. The number of anilines is 1. The van der Waals surface area contributed by atoms with Crippen LogP contribution in [0, 0.1) is 5.92 Å². The standard InChI is InChI=1S/C17H20BrN5O/c1-3-8-23-15-7-5-4-6-14(15)20-17(23)21-16(24)12(2)10-22-11-13(18)9-19-22/h4-7,9,11-12H,3,8,10H2,1-2H3,(H,20,21,24)/t12-/m1/s1. The van der Waals surface area contributed by atoms with Crippen LogP contribution in [0.3, 0.4) is 0 Å². The molecule has 0 saturated carbocycles. The summed E-state index contributed by atoms with van der Waals surface area (Å²) in [4.78, 5) is 17.1. The summed E-state index contributed by atoms with van der Waals surface area (Å²) in [6.07, 6.45) is 4.54. The largest absolute Gasteiger partial charge is 0.310 e. The van der Waals surface area contributed by atoms with Gasteiger partial charge in [0.2, 0.25) is 11.9 Å². The third kappa shape index (κ3) is 3.51. The Bertz CT molecular complexity index is 854. The fourth-order valence-electron chi connectivity index (χ4n) is 2.66. The van der Waals surface area contributed by atoms with Crippen molar-refractivity contribution in [2.75, 3.05) is 5.32 Å². The summed E-state index contributed by atoms with van der Waals surface area (Å²) in [5, 5.41) is 7.17. The van der Waals surface area contributed by atoms with Gasteiger partial charge in [-0.3, -0.25) is 14.8 Å². The maximum Gasteiger partial charge on any atom is 0.231 e. The van der Waals surface area contributed by atoms with E-state index in [9.17, 15) is 4.79 Å². The Labute approximate surface area is 149 Å². The molecule has 0 spiro atoms. The Morgan fingerprint density at radius 1 is 1.38 bits per heavy atom. The first kappa shape index (κ1) is 16.7. The van der Waals surface area contributed by atoms with E-state index in [4.69, 9.17) is 0 Å². The summed E-state index contributed by atoms with van der Waals surface area (Å²) in [5.41, 5.74) is 1.93. The number of nitrogens with one attached hydrogen (secondary N) is 1. The Kier molecular flexibility index (Phi) is 4.99. The van der Waals surface area contributed by atoms with Crippen LogP contribution in [0.1, 0.15) is 20.3 Å². The molecule has 0 aliphatic rings. The van der Waals surface area contributed by atoms with Crippen molar-refractivity contribution in [3.05, 3.63) is 41.1 Å². The van der Waals surface area contributed by atoms with Crippen LogP contribution in [0.15, 0.2) is 41.1 Å². The third-order valence-corrected chi connectivity index (χ3v) is 4.26. The molecule has 1 aromatic carbocycles. The lowest BCUT2D eigenvalue weighted by atomic mass is 10.1. The van der Waals surface area contributed by atoms with Gasteiger partial charge in [-0.15, -0.1) is 0 Å². The zero-order valence-corrected chi connectivity index (χ0v) is 15.3. The maximum absolute atomic E-state index is 12.5. The zero-order chi connectivity index (χ0) is 17.1. The van der Waals surface area contributed by atoms with Crippen LogP contribution < -0.4 is 5.32 Å². The van der Waals surface area contributed by atoms with E-state index in [1.807, 2.05) is 37.4 Å². The van der Waals surface area contributed by atoms with Crippen molar-refractivity contribution in [2.45, 2.75) is 33.4 Å². The van der Waals surface area contributed by atoms with Crippen LogP contribution in [0.25, 0.3) is 11.0 Å².